The molecule has 2 aliphatic rings. The molecule has 0 bridgehead atoms. The number of nitrogens with zero attached hydrogens (tertiary/aromatic N) is 2. The van der Waals surface area contributed by atoms with Crippen LogP contribution < -0.4 is 4.90 Å². The van der Waals surface area contributed by atoms with Gasteiger partial charge in [-0.2, -0.15) is 0 Å². The molecular weight excluding hydrogens is 236 g/mol. The summed E-state index contributed by atoms with van der Waals surface area (Å²) in [5, 5.41) is 0. The van der Waals surface area contributed by atoms with E-state index in [2.05, 4.69) is 47.1 Å². The van der Waals surface area contributed by atoms with E-state index in [0.717, 1.165) is 17.4 Å². The number of hydrogen-bond acceptors (Lipinski definition) is 2. The second-order valence-corrected chi connectivity index (χ2v) is 11.3. The fourth-order valence-electron chi connectivity index (χ4n) is 2.54. The maximum absolute atomic E-state index is 4.34. The lowest BCUT2D eigenvalue weighted by Gasteiger charge is -2.19. The maximum atomic E-state index is 4.34. The molecule has 0 amide bonds. The van der Waals surface area contributed by atoms with Gasteiger partial charge in [-0.05, 0) is 24.3 Å². The first-order valence-corrected chi connectivity index (χ1v) is 10.2. The molecule has 1 aliphatic carbocycles. The van der Waals surface area contributed by atoms with Gasteiger partial charge in [-0.3, -0.25) is 4.98 Å². The minimum absolute atomic E-state index is 0.960. The van der Waals surface area contributed by atoms with Crippen molar-refractivity contribution in [1.82, 2.24) is 4.98 Å². The number of piperidine rings is 1. The van der Waals surface area contributed by atoms with Crippen molar-refractivity contribution >= 4 is 13.8 Å². The molecule has 18 heavy (non-hydrogen) atoms. The molecule has 0 aromatic carbocycles. The van der Waals surface area contributed by atoms with Crippen molar-refractivity contribution < 1.29 is 0 Å². The van der Waals surface area contributed by atoms with Gasteiger partial charge in [0.15, 0.2) is 0 Å². The maximum Gasteiger partial charge on any atom is 0.129 e. The molecule has 1 aromatic heterocycles. The van der Waals surface area contributed by atoms with E-state index >= 15 is 0 Å². The van der Waals surface area contributed by atoms with Crippen molar-refractivity contribution in [2.24, 2.45) is 11.8 Å². The number of pyridine rings is 1. The summed E-state index contributed by atoms with van der Waals surface area (Å²) >= 11 is 0. The molecule has 0 radical (unpaired) electrons. The van der Waals surface area contributed by atoms with Crippen LogP contribution in [0.2, 0.25) is 19.6 Å². The number of hydrogen-bond donors (Lipinski definition) is 0. The molecule has 1 saturated heterocycles. The van der Waals surface area contributed by atoms with Gasteiger partial charge in [-0.15, -0.1) is 5.54 Å². The third-order valence-corrected chi connectivity index (χ3v) is 4.52. The molecule has 1 saturated carbocycles. The lowest BCUT2D eigenvalue weighted by molar-refractivity contribution is 0.817. The zero-order valence-corrected chi connectivity index (χ0v) is 12.4. The van der Waals surface area contributed by atoms with Crippen LogP contribution in [0, 0.1) is 23.3 Å². The van der Waals surface area contributed by atoms with Crippen LogP contribution in [-0.2, 0) is 0 Å². The Bertz CT molecular complexity index is 511. The Morgan fingerprint density at radius 2 is 1.94 bits per heavy atom. The fraction of sp³-hybridized carbons (Fsp3) is 0.533. The van der Waals surface area contributed by atoms with Crippen LogP contribution in [-0.4, -0.2) is 26.1 Å². The summed E-state index contributed by atoms with van der Waals surface area (Å²) in [4.78, 5) is 6.80. The molecule has 0 N–H and O–H groups in total. The monoisotopic (exact) mass is 256 g/mol. The van der Waals surface area contributed by atoms with Gasteiger partial charge in [0.25, 0.3) is 0 Å². The van der Waals surface area contributed by atoms with Crippen molar-refractivity contribution in [2.45, 2.75) is 26.1 Å². The van der Waals surface area contributed by atoms with Gasteiger partial charge in [0.1, 0.15) is 8.07 Å². The summed E-state index contributed by atoms with van der Waals surface area (Å²) in [6.45, 7) is 9.25. The molecule has 0 spiro atoms. The highest BCUT2D eigenvalue weighted by Gasteiger charge is 2.45. The molecule has 2 nitrogen and oxygen atoms in total. The molecule has 1 aliphatic heterocycles. The summed E-state index contributed by atoms with van der Waals surface area (Å²) in [6, 6.07) is 2.20. The van der Waals surface area contributed by atoms with Crippen molar-refractivity contribution in [3.8, 4) is 11.5 Å². The predicted molar refractivity (Wildman–Crippen MR) is 78.3 cm³/mol. The quantitative estimate of drug-likeness (QED) is 0.567. The zero-order valence-electron chi connectivity index (χ0n) is 11.4. The predicted octanol–water partition coefficient (Wildman–Crippen LogP) is 2.77. The van der Waals surface area contributed by atoms with Gasteiger partial charge in [0.2, 0.25) is 0 Å². The minimum atomic E-state index is -1.30. The van der Waals surface area contributed by atoms with Crippen molar-refractivity contribution in [2.75, 3.05) is 18.0 Å². The molecule has 2 unspecified atom stereocenters. The Kier molecular flexibility index (Phi) is 2.71. The number of fused-ring (bicyclic) bond motifs is 1. The molecule has 2 atom stereocenters. The van der Waals surface area contributed by atoms with Crippen LogP contribution in [0.5, 0.6) is 0 Å². The Labute approximate surface area is 110 Å². The number of anilines is 1. The van der Waals surface area contributed by atoms with Crippen LogP contribution in [0.4, 0.5) is 5.69 Å². The van der Waals surface area contributed by atoms with Crippen LogP contribution in [0.15, 0.2) is 18.5 Å². The van der Waals surface area contributed by atoms with Crippen LogP contribution >= 0.6 is 0 Å². The normalized spacial score (nSPS) is 25.4. The molecule has 94 valence electrons. The van der Waals surface area contributed by atoms with Gasteiger partial charge < -0.3 is 4.90 Å². The van der Waals surface area contributed by atoms with Crippen LogP contribution in [0.1, 0.15) is 12.0 Å². The van der Waals surface area contributed by atoms with Gasteiger partial charge in [0.05, 0.1) is 11.9 Å². The Morgan fingerprint density at radius 3 is 2.61 bits per heavy atom. The van der Waals surface area contributed by atoms with E-state index in [0.29, 0.717) is 0 Å². The molecule has 3 heteroatoms. The first kappa shape index (κ1) is 11.8. The standard InChI is InChI=1S/C15H20N2Si/c1-18(2,3)5-4-12-6-15(9-16-8-12)17-10-13-7-14(13)11-17/h6,8-9,13-14H,7,10-11H2,1-3H3. The Hall–Kier alpha value is -1.27. The summed E-state index contributed by atoms with van der Waals surface area (Å²) in [7, 11) is -1.30. The van der Waals surface area contributed by atoms with E-state index in [1.165, 1.54) is 25.2 Å². The van der Waals surface area contributed by atoms with Crippen molar-refractivity contribution in [3.05, 3.63) is 24.0 Å². The Balaban J connectivity index is 1.78. The average molecular weight is 256 g/mol. The Morgan fingerprint density at radius 1 is 1.22 bits per heavy atom. The van der Waals surface area contributed by atoms with Gasteiger partial charge >= 0.3 is 0 Å². The average Bonchev–Trinajstić information content (AvgIpc) is 2.93. The van der Waals surface area contributed by atoms with E-state index in [9.17, 15) is 0 Å². The van der Waals surface area contributed by atoms with Crippen molar-refractivity contribution in [3.63, 3.8) is 0 Å². The SMILES string of the molecule is C[Si](C)(C)C#Cc1cncc(N2CC3CC3C2)c1. The lowest BCUT2D eigenvalue weighted by Crippen LogP contribution is -2.21. The van der Waals surface area contributed by atoms with Gasteiger partial charge in [-0.25, -0.2) is 0 Å². The number of aromatic nitrogens is 1. The zero-order chi connectivity index (χ0) is 12.8. The summed E-state index contributed by atoms with van der Waals surface area (Å²) in [6.07, 6.45) is 5.30. The molecule has 3 rings (SSSR count). The second-order valence-electron chi connectivity index (χ2n) is 6.59. The van der Waals surface area contributed by atoms with Crippen molar-refractivity contribution in [1.29, 1.82) is 0 Å². The van der Waals surface area contributed by atoms with E-state index < -0.39 is 8.07 Å². The first-order chi connectivity index (χ1) is 8.51. The van der Waals surface area contributed by atoms with E-state index in [-0.39, 0.29) is 0 Å². The van der Waals surface area contributed by atoms with E-state index in [4.69, 9.17) is 0 Å². The highest BCUT2D eigenvalue weighted by Crippen LogP contribution is 2.46. The molecule has 1 aromatic rings. The highest BCUT2D eigenvalue weighted by molar-refractivity contribution is 6.83. The van der Waals surface area contributed by atoms with Gasteiger partial charge in [0, 0.05) is 24.8 Å². The molecule has 2 fully saturated rings. The van der Waals surface area contributed by atoms with Gasteiger partial charge in [-0.1, -0.05) is 25.6 Å². The molecule has 2 heterocycles. The topological polar surface area (TPSA) is 16.1 Å². The van der Waals surface area contributed by atoms with Crippen LogP contribution in [0.25, 0.3) is 0 Å². The minimum Gasteiger partial charge on any atom is -0.370 e. The van der Waals surface area contributed by atoms with E-state index in [1.54, 1.807) is 0 Å². The summed E-state index contributed by atoms with van der Waals surface area (Å²) in [5.74, 6) is 5.21. The van der Waals surface area contributed by atoms with Crippen LogP contribution in [0.3, 0.4) is 0 Å². The highest BCUT2D eigenvalue weighted by atomic mass is 28.3. The fourth-order valence-corrected chi connectivity index (χ4v) is 3.06. The number of rotatable bonds is 1. The summed E-state index contributed by atoms with van der Waals surface area (Å²) < 4.78 is 0. The third kappa shape index (κ3) is 2.59. The second kappa shape index (κ2) is 4.13. The van der Waals surface area contributed by atoms with E-state index in [1.807, 2.05) is 12.4 Å². The largest absolute Gasteiger partial charge is 0.370 e. The third-order valence-electron chi connectivity index (χ3n) is 3.65. The lowest BCUT2D eigenvalue weighted by atomic mass is 10.2. The first-order valence-electron chi connectivity index (χ1n) is 6.74. The molecular formula is C15H20N2Si. The smallest absolute Gasteiger partial charge is 0.129 e. The summed E-state index contributed by atoms with van der Waals surface area (Å²) in [5.41, 5.74) is 5.72.